The number of hydrogen-bond acceptors (Lipinski definition) is 5. The van der Waals surface area contributed by atoms with Crippen molar-refractivity contribution >= 4 is 15.9 Å². The molecule has 4 rings (SSSR count). The standard InChI is InChI=1S/C28H32N2O5S/c1-34-26-16-15-24(19-27(26)35-2)36(32,33)30-20-23-14-7-6-13-22(23)18-25(30)28(31)29-17-9-8-12-21-10-4-3-5-11-21/h3-7,10-11,13-16,19,25H,8-9,12,17-18,20H2,1-2H3,(H,29,31). The Labute approximate surface area is 213 Å². The Morgan fingerprint density at radius 2 is 1.61 bits per heavy atom. The highest BCUT2D eigenvalue weighted by molar-refractivity contribution is 7.89. The molecule has 3 aromatic rings. The third-order valence-electron chi connectivity index (χ3n) is 6.50. The zero-order valence-corrected chi connectivity index (χ0v) is 21.5. The molecule has 0 spiro atoms. The number of benzene rings is 3. The topological polar surface area (TPSA) is 84.9 Å². The van der Waals surface area contributed by atoms with Gasteiger partial charge in [-0.25, -0.2) is 8.42 Å². The van der Waals surface area contributed by atoms with Crippen molar-refractivity contribution in [2.75, 3.05) is 20.8 Å². The van der Waals surface area contributed by atoms with Gasteiger partial charge in [-0.05, 0) is 54.5 Å². The van der Waals surface area contributed by atoms with Gasteiger partial charge in [0.2, 0.25) is 15.9 Å². The Bertz CT molecular complexity index is 1290. The number of ether oxygens (including phenoxy) is 2. The second-order valence-corrected chi connectivity index (χ2v) is 10.7. The van der Waals surface area contributed by atoms with Gasteiger partial charge in [0.25, 0.3) is 0 Å². The predicted octanol–water partition coefficient (Wildman–Crippen LogP) is 3.96. The lowest BCUT2D eigenvalue weighted by molar-refractivity contribution is -0.125. The van der Waals surface area contributed by atoms with E-state index in [1.807, 2.05) is 42.5 Å². The zero-order valence-electron chi connectivity index (χ0n) is 20.6. The summed E-state index contributed by atoms with van der Waals surface area (Å²) in [5.41, 5.74) is 3.15. The first-order chi connectivity index (χ1) is 17.4. The van der Waals surface area contributed by atoms with Crippen molar-refractivity contribution in [3.8, 4) is 11.5 Å². The summed E-state index contributed by atoms with van der Waals surface area (Å²) < 4.78 is 39.4. The van der Waals surface area contributed by atoms with Crippen LogP contribution in [-0.4, -0.2) is 45.4 Å². The lowest BCUT2D eigenvalue weighted by Crippen LogP contribution is -2.52. The number of aryl methyl sites for hydroxylation is 1. The summed E-state index contributed by atoms with van der Waals surface area (Å²) in [5.74, 6) is 0.467. The van der Waals surface area contributed by atoms with Gasteiger partial charge in [0.15, 0.2) is 11.5 Å². The average molecular weight is 509 g/mol. The predicted molar refractivity (Wildman–Crippen MR) is 139 cm³/mol. The van der Waals surface area contributed by atoms with E-state index in [9.17, 15) is 13.2 Å². The number of amides is 1. The molecule has 0 radical (unpaired) electrons. The third-order valence-corrected chi connectivity index (χ3v) is 8.35. The van der Waals surface area contributed by atoms with E-state index < -0.39 is 16.1 Å². The zero-order chi connectivity index (χ0) is 25.5. The van der Waals surface area contributed by atoms with E-state index in [4.69, 9.17) is 9.47 Å². The SMILES string of the molecule is COc1ccc(S(=O)(=O)N2Cc3ccccc3CC2C(=O)NCCCCc2ccccc2)cc1OC. The summed E-state index contributed by atoms with van der Waals surface area (Å²) in [6.07, 6.45) is 3.00. The quantitative estimate of drug-likeness (QED) is 0.419. The molecule has 0 aliphatic carbocycles. The number of rotatable bonds is 10. The van der Waals surface area contributed by atoms with Crippen LogP contribution in [0.25, 0.3) is 0 Å². The molecule has 7 nitrogen and oxygen atoms in total. The largest absolute Gasteiger partial charge is 0.493 e. The Balaban J connectivity index is 1.51. The van der Waals surface area contributed by atoms with Crippen molar-refractivity contribution in [2.24, 2.45) is 0 Å². The highest BCUT2D eigenvalue weighted by atomic mass is 32.2. The number of methoxy groups -OCH3 is 2. The summed E-state index contributed by atoms with van der Waals surface area (Å²) in [7, 11) is -1.04. The fourth-order valence-corrected chi connectivity index (χ4v) is 6.10. The van der Waals surface area contributed by atoms with E-state index in [1.165, 1.54) is 36.2 Å². The third kappa shape index (κ3) is 5.71. The van der Waals surface area contributed by atoms with Crippen LogP contribution in [0.3, 0.4) is 0 Å². The summed E-state index contributed by atoms with van der Waals surface area (Å²) >= 11 is 0. The summed E-state index contributed by atoms with van der Waals surface area (Å²) in [5, 5.41) is 2.97. The van der Waals surface area contributed by atoms with Gasteiger partial charge in [-0.15, -0.1) is 0 Å². The Morgan fingerprint density at radius 3 is 2.33 bits per heavy atom. The molecule has 0 fully saturated rings. The van der Waals surface area contributed by atoms with Crippen LogP contribution in [0.1, 0.15) is 29.5 Å². The normalized spacial score (nSPS) is 15.7. The molecule has 1 aliphatic rings. The summed E-state index contributed by atoms with van der Waals surface area (Å²) in [4.78, 5) is 13.3. The van der Waals surface area contributed by atoms with Gasteiger partial charge in [-0.1, -0.05) is 54.6 Å². The van der Waals surface area contributed by atoms with Gasteiger partial charge in [0, 0.05) is 19.2 Å². The van der Waals surface area contributed by atoms with Gasteiger partial charge < -0.3 is 14.8 Å². The van der Waals surface area contributed by atoms with Crippen molar-refractivity contribution in [1.82, 2.24) is 9.62 Å². The van der Waals surface area contributed by atoms with Crippen molar-refractivity contribution < 1.29 is 22.7 Å². The molecule has 190 valence electrons. The van der Waals surface area contributed by atoms with Crippen LogP contribution in [0, 0.1) is 0 Å². The number of hydrogen-bond donors (Lipinski definition) is 1. The number of fused-ring (bicyclic) bond motifs is 1. The van der Waals surface area contributed by atoms with Crippen molar-refractivity contribution in [2.45, 2.75) is 43.2 Å². The molecule has 1 amide bonds. The van der Waals surface area contributed by atoms with Gasteiger partial charge in [-0.2, -0.15) is 4.31 Å². The molecule has 8 heteroatoms. The van der Waals surface area contributed by atoms with Crippen molar-refractivity contribution in [3.63, 3.8) is 0 Å². The monoisotopic (exact) mass is 508 g/mol. The number of nitrogens with one attached hydrogen (secondary N) is 1. The first kappa shape index (κ1) is 25.7. The van der Waals surface area contributed by atoms with Crippen LogP contribution in [0.4, 0.5) is 0 Å². The second-order valence-electron chi connectivity index (χ2n) is 8.79. The van der Waals surface area contributed by atoms with E-state index >= 15 is 0 Å². The second kappa shape index (κ2) is 11.6. The number of carbonyl (C=O) groups excluding carboxylic acids is 1. The lowest BCUT2D eigenvalue weighted by Gasteiger charge is -2.35. The number of nitrogens with zero attached hydrogens (tertiary/aromatic N) is 1. The molecule has 1 heterocycles. The maximum Gasteiger partial charge on any atom is 0.244 e. The number of carbonyl (C=O) groups is 1. The molecule has 1 N–H and O–H groups in total. The minimum atomic E-state index is -3.99. The maximum atomic E-state index is 13.8. The molecular formula is C28H32N2O5S. The van der Waals surface area contributed by atoms with Crippen molar-refractivity contribution in [1.29, 1.82) is 0 Å². The van der Waals surface area contributed by atoms with Gasteiger partial charge >= 0.3 is 0 Å². The van der Waals surface area contributed by atoms with Gasteiger partial charge in [-0.3, -0.25) is 4.79 Å². The van der Waals surface area contributed by atoms with Gasteiger partial charge in [0.05, 0.1) is 19.1 Å². The number of sulfonamides is 1. The highest BCUT2D eigenvalue weighted by Crippen LogP contribution is 2.34. The lowest BCUT2D eigenvalue weighted by atomic mass is 9.95. The minimum absolute atomic E-state index is 0.0557. The summed E-state index contributed by atoms with van der Waals surface area (Å²) in [6, 6.07) is 21.5. The Hall–Kier alpha value is -3.36. The molecule has 1 unspecified atom stereocenters. The first-order valence-corrected chi connectivity index (χ1v) is 13.5. The molecule has 0 bridgehead atoms. The average Bonchev–Trinajstić information content (AvgIpc) is 2.92. The highest BCUT2D eigenvalue weighted by Gasteiger charge is 2.39. The molecule has 1 aliphatic heterocycles. The smallest absolute Gasteiger partial charge is 0.244 e. The van der Waals surface area contributed by atoms with Crippen LogP contribution >= 0.6 is 0 Å². The fraction of sp³-hybridized carbons (Fsp3) is 0.321. The van der Waals surface area contributed by atoms with Crippen LogP contribution in [-0.2, 0) is 34.2 Å². The molecule has 3 aromatic carbocycles. The molecular weight excluding hydrogens is 476 g/mol. The van der Waals surface area contributed by atoms with Crippen molar-refractivity contribution in [3.05, 3.63) is 89.5 Å². The van der Waals surface area contributed by atoms with Crippen LogP contribution in [0.2, 0.25) is 0 Å². The first-order valence-electron chi connectivity index (χ1n) is 12.1. The van der Waals surface area contributed by atoms with E-state index in [2.05, 4.69) is 17.4 Å². The maximum absolute atomic E-state index is 13.8. The van der Waals surface area contributed by atoms with Crippen LogP contribution in [0.15, 0.2) is 77.7 Å². The van der Waals surface area contributed by atoms with Gasteiger partial charge in [0.1, 0.15) is 6.04 Å². The minimum Gasteiger partial charge on any atom is -0.493 e. The van der Waals surface area contributed by atoms with E-state index in [0.717, 1.165) is 30.4 Å². The fourth-order valence-electron chi connectivity index (χ4n) is 4.52. The molecule has 1 atom stereocenters. The van der Waals surface area contributed by atoms with Crippen LogP contribution < -0.4 is 14.8 Å². The van der Waals surface area contributed by atoms with E-state index in [0.29, 0.717) is 24.5 Å². The molecule has 0 aromatic heterocycles. The molecule has 0 saturated heterocycles. The van der Waals surface area contributed by atoms with Crippen LogP contribution in [0.5, 0.6) is 11.5 Å². The Morgan fingerprint density at radius 1 is 0.917 bits per heavy atom. The Kier molecular flexibility index (Phi) is 8.28. The molecule has 0 saturated carbocycles. The summed E-state index contributed by atoms with van der Waals surface area (Å²) in [6.45, 7) is 0.618. The van der Waals surface area contributed by atoms with E-state index in [1.54, 1.807) is 6.07 Å². The molecule has 36 heavy (non-hydrogen) atoms. The number of unbranched alkanes of at least 4 members (excludes halogenated alkanes) is 1. The van der Waals surface area contributed by atoms with E-state index in [-0.39, 0.29) is 17.3 Å².